The van der Waals surface area contributed by atoms with Crippen molar-refractivity contribution < 1.29 is 4.79 Å². The molecule has 0 aliphatic carbocycles. The lowest BCUT2D eigenvalue weighted by molar-refractivity contribution is -0.116. The van der Waals surface area contributed by atoms with Gasteiger partial charge in [0.1, 0.15) is 6.54 Å². The third-order valence-electron chi connectivity index (χ3n) is 3.67. The molecule has 0 atom stereocenters. The fourth-order valence-electron chi connectivity index (χ4n) is 2.51. The minimum absolute atomic E-state index is 0.0582. The van der Waals surface area contributed by atoms with Gasteiger partial charge in [-0.3, -0.25) is 9.59 Å². The molecule has 0 spiro atoms. The molecule has 4 nitrogen and oxygen atoms in total. The lowest BCUT2D eigenvalue weighted by Crippen LogP contribution is -2.20. The van der Waals surface area contributed by atoms with Crippen LogP contribution in [-0.4, -0.2) is 10.5 Å². The predicted octanol–water partition coefficient (Wildman–Crippen LogP) is 4.26. The number of carbonyl (C=O) groups excluding carboxylic acids is 1. The van der Waals surface area contributed by atoms with Crippen LogP contribution < -0.4 is 10.7 Å². The van der Waals surface area contributed by atoms with Gasteiger partial charge in [0, 0.05) is 17.6 Å². The third-order valence-corrected chi connectivity index (χ3v) is 4.49. The summed E-state index contributed by atoms with van der Waals surface area (Å²) in [6.45, 7) is 1.98. The average Bonchev–Trinajstić information content (AvgIpc) is 2.55. The fourth-order valence-corrected chi connectivity index (χ4v) is 2.86. The van der Waals surface area contributed by atoms with Crippen LogP contribution in [0.5, 0.6) is 0 Å². The van der Waals surface area contributed by atoms with Crippen LogP contribution >= 0.6 is 23.2 Å². The van der Waals surface area contributed by atoms with Crippen LogP contribution in [-0.2, 0) is 11.3 Å². The van der Waals surface area contributed by atoms with E-state index in [1.807, 2.05) is 25.1 Å². The number of nitrogens with one attached hydrogen (secondary N) is 1. The van der Waals surface area contributed by atoms with Crippen molar-refractivity contribution in [2.45, 2.75) is 13.5 Å². The molecule has 0 saturated carbocycles. The van der Waals surface area contributed by atoms with E-state index in [1.165, 1.54) is 6.07 Å². The van der Waals surface area contributed by atoms with Crippen LogP contribution in [0.15, 0.2) is 53.5 Å². The number of amides is 1. The Balaban J connectivity index is 1.90. The molecule has 1 heterocycles. The number of aryl methyl sites for hydroxylation is 1. The molecular formula is C18H14Cl2N2O2. The van der Waals surface area contributed by atoms with E-state index >= 15 is 0 Å². The van der Waals surface area contributed by atoms with Gasteiger partial charge in [-0.25, -0.2) is 0 Å². The SMILES string of the molecule is Cc1ccc2c(c1)c(=O)ccn2CC(=O)Nc1cccc(Cl)c1Cl. The van der Waals surface area contributed by atoms with Gasteiger partial charge in [-0.1, -0.05) is 40.9 Å². The van der Waals surface area contributed by atoms with Crippen molar-refractivity contribution in [3.05, 3.63) is 74.5 Å². The maximum Gasteiger partial charge on any atom is 0.244 e. The fraction of sp³-hybridized carbons (Fsp3) is 0.111. The molecule has 1 N–H and O–H groups in total. The summed E-state index contributed by atoms with van der Waals surface area (Å²) in [5.41, 5.74) is 2.09. The Labute approximate surface area is 148 Å². The smallest absolute Gasteiger partial charge is 0.244 e. The van der Waals surface area contributed by atoms with Gasteiger partial charge < -0.3 is 9.88 Å². The Bertz CT molecular complexity index is 996. The lowest BCUT2D eigenvalue weighted by atomic mass is 10.1. The second-order valence-corrected chi connectivity index (χ2v) is 6.26. The monoisotopic (exact) mass is 360 g/mol. The zero-order valence-corrected chi connectivity index (χ0v) is 14.4. The van der Waals surface area contributed by atoms with Crippen LogP contribution in [0.25, 0.3) is 10.9 Å². The predicted molar refractivity (Wildman–Crippen MR) is 98.0 cm³/mol. The number of nitrogens with zero attached hydrogens (tertiary/aromatic N) is 1. The van der Waals surface area contributed by atoms with Gasteiger partial charge in [0.05, 0.1) is 21.2 Å². The minimum atomic E-state index is -0.260. The number of benzene rings is 2. The maximum atomic E-state index is 12.3. The second kappa shape index (κ2) is 6.67. The molecule has 0 saturated heterocycles. The normalized spacial score (nSPS) is 10.8. The Morgan fingerprint density at radius 1 is 1.17 bits per heavy atom. The van der Waals surface area contributed by atoms with Gasteiger partial charge in [0.25, 0.3) is 0 Å². The molecule has 122 valence electrons. The van der Waals surface area contributed by atoms with Crippen molar-refractivity contribution in [2.75, 3.05) is 5.32 Å². The molecule has 0 radical (unpaired) electrons. The molecule has 1 amide bonds. The zero-order valence-electron chi connectivity index (χ0n) is 12.8. The Morgan fingerprint density at radius 2 is 1.96 bits per heavy atom. The summed E-state index contributed by atoms with van der Waals surface area (Å²) in [7, 11) is 0. The summed E-state index contributed by atoms with van der Waals surface area (Å²) < 4.78 is 1.73. The molecule has 2 aromatic carbocycles. The number of hydrogen-bond donors (Lipinski definition) is 1. The Kier molecular flexibility index (Phi) is 4.60. The number of rotatable bonds is 3. The molecule has 0 aliphatic heterocycles. The first-order valence-electron chi connectivity index (χ1n) is 7.29. The van der Waals surface area contributed by atoms with Crippen LogP contribution in [0.1, 0.15) is 5.56 Å². The van der Waals surface area contributed by atoms with Gasteiger partial charge in [0.2, 0.25) is 5.91 Å². The molecule has 3 aromatic rings. The lowest BCUT2D eigenvalue weighted by Gasteiger charge is -2.12. The van der Waals surface area contributed by atoms with Gasteiger partial charge in [-0.2, -0.15) is 0 Å². The van der Waals surface area contributed by atoms with Crippen molar-refractivity contribution in [1.82, 2.24) is 4.57 Å². The number of hydrogen-bond acceptors (Lipinski definition) is 2. The summed E-state index contributed by atoms with van der Waals surface area (Å²) in [4.78, 5) is 24.3. The molecule has 0 aliphatic rings. The first-order chi connectivity index (χ1) is 11.5. The van der Waals surface area contributed by atoms with Crippen molar-refractivity contribution in [3.8, 4) is 0 Å². The molecule has 24 heavy (non-hydrogen) atoms. The number of carbonyl (C=O) groups is 1. The summed E-state index contributed by atoms with van der Waals surface area (Å²) >= 11 is 12.0. The molecular weight excluding hydrogens is 347 g/mol. The Morgan fingerprint density at radius 3 is 2.75 bits per heavy atom. The van der Waals surface area contributed by atoms with Crippen molar-refractivity contribution in [2.24, 2.45) is 0 Å². The zero-order chi connectivity index (χ0) is 17.3. The number of fused-ring (bicyclic) bond motifs is 1. The van der Waals surface area contributed by atoms with E-state index in [1.54, 1.807) is 29.0 Å². The van der Waals surface area contributed by atoms with Crippen molar-refractivity contribution in [1.29, 1.82) is 0 Å². The van der Waals surface area contributed by atoms with Gasteiger partial charge in [0.15, 0.2) is 5.43 Å². The molecule has 1 aromatic heterocycles. The number of halogens is 2. The van der Waals surface area contributed by atoms with Gasteiger partial charge in [-0.15, -0.1) is 0 Å². The quantitative estimate of drug-likeness (QED) is 0.758. The summed E-state index contributed by atoms with van der Waals surface area (Å²) in [5, 5.41) is 4.00. The number of anilines is 1. The molecule has 3 rings (SSSR count). The number of pyridine rings is 1. The topological polar surface area (TPSA) is 51.1 Å². The number of aromatic nitrogens is 1. The summed E-state index contributed by atoms with van der Waals surface area (Å²) in [6.07, 6.45) is 1.61. The van der Waals surface area contributed by atoms with Crippen molar-refractivity contribution in [3.63, 3.8) is 0 Å². The van der Waals surface area contributed by atoms with E-state index in [4.69, 9.17) is 23.2 Å². The van der Waals surface area contributed by atoms with E-state index < -0.39 is 0 Å². The first kappa shape index (κ1) is 16.6. The van der Waals surface area contributed by atoms with E-state index in [0.29, 0.717) is 26.6 Å². The minimum Gasteiger partial charge on any atom is -0.338 e. The second-order valence-electron chi connectivity index (χ2n) is 5.48. The molecule has 0 fully saturated rings. The van der Waals surface area contributed by atoms with Crippen molar-refractivity contribution >= 4 is 45.7 Å². The Hall–Kier alpha value is -2.30. The van der Waals surface area contributed by atoms with Crippen LogP contribution in [0, 0.1) is 6.92 Å². The maximum absolute atomic E-state index is 12.3. The average molecular weight is 361 g/mol. The van der Waals surface area contributed by atoms with Gasteiger partial charge in [-0.05, 0) is 31.2 Å². The summed E-state index contributed by atoms with van der Waals surface area (Å²) in [6, 6.07) is 12.1. The van der Waals surface area contributed by atoms with Crippen LogP contribution in [0.4, 0.5) is 5.69 Å². The highest BCUT2D eigenvalue weighted by Crippen LogP contribution is 2.29. The molecule has 6 heteroatoms. The highest BCUT2D eigenvalue weighted by Gasteiger charge is 2.10. The highest BCUT2D eigenvalue weighted by molar-refractivity contribution is 6.43. The van der Waals surface area contributed by atoms with E-state index in [2.05, 4.69) is 5.32 Å². The highest BCUT2D eigenvalue weighted by atomic mass is 35.5. The van der Waals surface area contributed by atoms with E-state index in [-0.39, 0.29) is 17.9 Å². The van der Waals surface area contributed by atoms with E-state index in [0.717, 1.165) is 5.56 Å². The largest absolute Gasteiger partial charge is 0.338 e. The van der Waals surface area contributed by atoms with Crippen LogP contribution in [0.3, 0.4) is 0 Å². The van der Waals surface area contributed by atoms with Gasteiger partial charge >= 0.3 is 0 Å². The molecule has 0 unspecified atom stereocenters. The first-order valence-corrected chi connectivity index (χ1v) is 8.05. The molecule has 0 bridgehead atoms. The standard InChI is InChI=1S/C18H14Cl2N2O2/c1-11-5-6-15-12(9-11)16(23)7-8-22(15)10-17(24)21-14-4-2-3-13(19)18(14)20/h2-9H,10H2,1H3,(H,21,24). The van der Waals surface area contributed by atoms with E-state index in [9.17, 15) is 9.59 Å². The summed E-state index contributed by atoms with van der Waals surface area (Å²) in [5.74, 6) is -0.260. The van der Waals surface area contributed by atoms with Crippen LogP contribution in [0.2, 0.25) is 10.0 Å². The third kappa shape index (κ3) is 3.30.